The van der Waals surface area contributed by atoms with Crippen molar-refractivity contribution in [3.8, 4) is 11.6 Å². The van der Waals surface area contributed by atoms with E-state index in [-0.39, 0.29) is 0 Å². The molecule has 0 saturated heterocycles. The van der Waals surface area contributed by atoms with Gasteiger partial charge < -0.3 is 14.3 Å². The maximum absolute atomic E-state index is 6.07. The molecule has 0 radical (unpaired) electrons. The van der Waals surface area contributed by atoms with E-state index in [1.165, 1.54) is 0 Å². The zero-order chi connectivity index (χ0) is 13.9. The number of furan rings is 1. The molecule has 0 bridgehead atoms. The first-order chi connectivity index (χ1) is 9.74. The van der Waals surface area contributed by atoms with E-state index >= 15 is 0 Å². The van der Waals surface area contributed by atoms with E-state index in [2.05, 4.69) is 15.5 Å². The van der Waals surface area contributed by atoms with E-state index in [9.17, 15) is 0 Å². The molecule has 2 heterocycles. The smallest absolute Gasteiger partial charge is 0.246 e. The van der Waals surface area contributed by atoms with Gasteiger partial charge in [-0.1, -0.05) is 34.4 Å². The minimum absolute atomic E-state index is 0.341. The lowest BCUT2D eigenvalue weighted by Gasteiger charge is -2.06. The summed E-state index contributed by atoms with van der Waals surface area (Å²) >= 11 is 12.0. The Labute approximate surface area is 124 Å². The number of aromatic nitrogens is 2. The molecule has 1 aromatic carbocycles. The summed E-state index contributed by atoms with van der Waals surface area (Å²) in [7, 11) is 0. The van der Waals surface area contributed by atoms with Crippen molar-refractivity contribution in [1.82, 2.24) is 10.1 Å². The third-order valence-electron chi connectivity index (χ3n) is 2.59. The van der Waals surface area contributed by atoms with E-state index in [1.807, 2.05) is 6.07 Å². The summed E-state index contributed by atoms with van der Waals surface area (Å²) in [5, 5.41) is 7.86. The quantitative estimate of drug-likeness (QED) is 0.780. The van der Waals surface area contributed by atoms with Crippen LogP contribution < -0.4 is 5.32 Å². The van der Waals surface area contributed by atoms with E-state index in [0.29, 0.717) is 39.8 Å². The van der Waals surface area contributed by atoms with Gasteiger partial charge in [0, 0.05) is 0 Å². The number of hydrogen-bond donors (Lipinski definition) is 1. The Morgan fingerprint density at radius 2 is 2.05 bits per heavy atom. The molecule has 102 valence electrons. The number of halogens is 2. The predicted molar refractivity (Wildman–Crippen MR) is 75.8 cm³/mol. The van der Waals surface area contributed by atoms with Gasteiger partial charge in [0.15, 0.2) is 5.76 Å². The summed E-state index contributed by atoms with van der Waals surface area (Å²) in [6.07, 6.45) is 1.55. The number of hydrogen-bond acceptors (Lipinski definition) is 5. The molecule has 0 aliphatic rings. The Balaban J connectivity index is 1.71. The average molecular weight is 310 g/mol. The molecule has 0 aliphatic carbocycles. The van der Waals surface area contributed by atoms with Gasteiger partial charge in [-0.2, -0.15) is 4.98 Å². The summed E-state index contributed by atoms with van der Waals surface area (Å²) in [5.41, 5.74) is 0.705. The van der Waals surface area contributed by atoms with Gasteiger partial charge in [-0.15, -0.1) is 0 Å². The van der Waals surface area contributed by atoms with Crippen LogP contribution in [0.5, 0.6) is 0 Å². The average Bonchev–Trinajstić information content (AvgIpc) is 3.10. The van der Waals surface area contributed by atoms with E-state index < -0.39 is 0 Å². The van der Waals surface area contributed by atoms with Crippen LogP contribution in [0, 0.1) is 0 Å². The standard InChI is InChI=1S/C13H9Cl2N3O2/c14-8-3-1-4-9(12(8)15)16-7-11-17-13(18-20-11)10-5-2-6-19-10/h1-6,16H,7H2. The molecule has 1 N–H and O–H groups in total. The van der Waals surface area contributed by atoms with E-state index in [1.54, 1.807) is 30.5 Å². The van der Waals surface area contributed by atoms with Crippen LogP contribution in [-0.4, -0.2) is 10.1 Å². The van der Waals surface area contributed by atoms with Crippen molar-refractivity contribution in [3.63, 3.8) is 0 Å². The molecule has 0 amide bonds. The highest BCUT2D eigenvalue weighted by atomic mass is 35.5. The van der Waals surface area contributed by atoms with E-state index in [0.717, 1.165) is 0 Å². The number of rotatable bonds is 4. The minimum Gasteiger partial charge on any atom is -0.461 e. The fraction of sp³-hybridized carbons (Fsp3) is 0.0769. The van der Waals surface area contributed by atoms with Gasteiger partial charge >= 0.3 is 0 Å². The molecule has 2 aromatic heterocycles. The van der Waals surface area contributed by atoms with Crippen LogP contribution in [0.15, 0.2) is 45.5 Å². The van der Waals surface area contributed by atoms with Crippen molar-refractivity contribution in [2.45, 2.75) is 6.54 Å². The van der Waals surface area contributed by atoms with Crippen LogP contribution >= 0.6 is 23.2 Å². The number of nitrogens with zero attached hydrogens (tertiary/aromatic N) is 2. The second-order valence-corrected chi connectivity index (χ2v) is 4.73. The highest BCUT2D eigenvalue weighted by Gasteiger charge is 2.11. The van der Waals surface area contributed by atoms with Gasteiger partial charge in [-0.3, -0.25) is 0 Å². The van der Waals surface area contributed by atoms with Gasteiger partial charge in [-0.25, -0.2) is 0 Å². The topological polar surface area (TPSA) is 64.1 Å². The Morgan fingerprint density at radius 1 is 1.15 bits per heavy atom. The van der Waals surface area contributed by atoms with Crippen LogP contribution in [0.25, 0.3) is 11.6 Å². The fourth-order valence-electron chi connectivity index (χ4n) is 1.64. The van der Waals surface area contributed by atoms with Crippen LogP contribution in [0.4, 0.5) is 5.69 Å². The normalized spacial score (nSPS) is 10.7. The van der Waals surface area contributed by atoms with Crippen LogP contribution in [0.2, 0.25) is 10.0 Å². The molecule has 7 heteroatoms. The molecule has 20 heavy (non-hydrogen) atoms. The molecule has 0 saturated carbocycles. The van der Waals surface area contributed by atoms with Crippen LogP contribution in [0.1, 0.15) is 5.89 Å². The Hall–Kier alpha value is -1.98. The lowest BCUT2D eigenvalue weighted by atomic mass is 10.3. The van der Waals surface area contributed by atoms with Crippen molar-refractivity contribution in [2.75, 3.05) is 5.32 Å². The number of nitrogens with one attached hydrogen (secondary N) is 1. The third kappa shape index (κ3) is 2.64. The summed E-state index contributed by atoms with van der Waals surface area (Å²) in [4.78, 5) is 4.21. The third-order valence-corrected chi connectivity index (χ3v) is 3.41. The maximum Gasteiger partial charge on any atom is 0.246 e. The zero-order valence-electron chi connectivity index (χ0n) is 10.1. The summed E-state index contributed by atoms with van der Waals surface area (Å²) in [6, 6.07) is 8.86. The second-order valence-electron chi connectivity index (χ2n) is 3.94. The van der Waals surface area contributed by atoms with Crippen molar-refractivity contribution in [1.29, 1.82) is 0 Å². The first-order valence-electron chi connectivity index (χ1n) is 5.78. The molecule has 3 rings (SSSR count). The summed E-state index contributed by atoms with van der Waals surface area (Å²) in [6.45, 7) is 0.341. The molecule has 0 aliphatic heterocycles. The van der Waals surface area contributed by atoms with Crippen molar-refractivity contribution in [2.24, 2.45) is 0 Å². The summed E-state index contributed by atoms with van der Waals surface area (Å²) < 4.78 is 10.3. The van der Waals surface area contributed by atoms with E-state index in [4.69, 9.17) is 32.1 Å². The van der Waals surface area contributed by atoms with Crippen molar-refractivity contribution < 1.29 is 8.94 Å². The van der Waals surface area contributed by atoms with Crippen molar-refractivity contribution >= 4 is 28.9 Å². The van der Waals surface area contributed by atoms with Crippen LogP contribution in [-0.2, 0) is 6.54 Å². The Kier molecular flexibility index (Phi) is 3.62. The lowest BCUT2D eigenvalue weighted by molar-refractivity contribution is 0.382. The first-order valence-corrected chi connectivity index (χ1v) is 6.54. The number of anilines is 1. The molecule has 0 spiro atoms. The molecular weight excluding hydrogens is 301 g/mol. The molecular formula is C13H9Cl2N3O2. The zero-order valence-corrected chi connectivity index (χ0v) is 11.6. The molecule has 0 fully saturated rings. The first kappa shape index (κ1) is 13.0. The summed E-state index contributed by atoms with van der Waals surface area (Å²) in [5.74, 6) is 1.39. The largest absolute Gasteiger partial charge is 0.461 e. The van der Waals surface area contributed by atoms with Gasteiger partial charge in [0.2, 0.25) is 11.7 Å². The highest BCUT2D eigenvalue weighted by Crippen LogP contribution is 2.29. The van der Waals surface area contributed by atoms with Gasteiger partial charge in [-0.05, 0) is 24.3 Å². The van der Waals surface area contributed by atoms with Gasteiger partial charge in [0.25, 0.3) is 0 Å². The van der Waals surface area contributed by atoms with Crippen molar-refractivity contribution in [3.05, 3.63) is 52.5 Å². The maximum atomic E-state index is 6.07. The Morgan fingerprint density at radius 3 is 2.85 bits per heavy atom. The number of benzene rings is 1. The van der Waals surface area contributed by atoms with Crippen LogP contribution in [0.3, 0.4) is 0 Å². The molecule has 0 unspecified atom stereocenters. The molecule has 0 atom stereocenters. The lowest BCUT2D eigenvalue weighted by Crippen LogP contribution is -2.00. The highest BCUT2D eigenvalue weighted by molar-refractivity contribution is 6.43. The monoisotopic (exact) mass is 309 g/mol. The predicted octanol–water partition coefficient (Wildman–Crippen LogP) is 4.25. The molecule has 5 nitrogen and oxygen atoms in total. The Bertz CT molecular complexity index is 710. The SMILES string of the molecule is Clc1cccc(NCc2nc(-c3ccco3)no2)c1Cl. The fourth-order valence-corrected chi connectivity index (χ4v) is 2.01. The molecule has 3 aromatic rings. The minimum atomic E-state index is 0.341. The van der Waals surface area contributed by atoms with Gasteiger partial charge in [0.05, 0.1) is 28.5 Å². The van der Waals surface area contributed by atoms with Gasteiger partial charge in [0.1, 0.15) is 0 Å². The second kappa shape index (κ2) is 5.56.